The molecule has 0 aromatic heterocycles. The predicted octanol–water partition coefficient (Wildman–Crippen LogP) is 2.90. The first-order valence-corrected chi connectivity index (χ1v) is 6.98. The maximum atomic E-state index is 12.0. The molecule has 0 atom stereocenters. The van der Waals surface area contributed by atoms with Crippen LogP contribution in [0.15, 0.2) is 48.5 Å². The van der Waals surface area contributed by atoms with Crippen LogP contribution in [0.5, 0.6) is 0 Å². The van der Waals surface area contributed by atoms with Gasteiger partial charge in [-0.25, -0.2) is 14.4 Å². The highest BCUT2D eigenvalue weighted by atomic mass is 16.5. The zero-order chi connectivity index (χ0) is 17.5. The molecule has 0 saturated carbocycles. The summed E-state index contributed by atoms with van der Waals surface area (Å²) in [6, 6.07) is 12.5. The van der Waals surface area contributed by atoms with Crippen molar-refractivity contribution in [1.82, 2.24) is 0 Å². The van der Waals surface area contributed by atoms with E-state index >= 15 is 0 Å². The Labute approximate surface area is 138 Å². The van der Waals surface area contributed by atoms with E-state index in [2.05, 4.69) is 20.1 Å². The summed E-state index contributed by atoms with van der Waals surface area (Å²) in [5.41, 5.74) is 1.10. The zero-order valence-corrected chi connectivity index (χ0v) is 13.2. The fourth-order valence-electron chi connectivity index (χ4n) is 1.99. The summed E-state index contributed by atoms with van der Waals surface area (Å²) >= 11 is 0. The Hall–Kier alpha value is -3.35. The average Bonchev–Trinajstić information content (AvgIpc) is 2.60. The number of para-hydroxylation sites is 1. The maximum absolute atomic E-state index is 12.0. The molecule has 124 valence electrons. The summed E-state index contributed by atoms with van der Waals surface area (Å²) in [7, 11) is 2.45. The number of hydrogen-bond acceptors (Lipinski definition) is 5. The van der Waals surface area contributed by atoms with Crippen molar-refractivity contribution in [2.75, 3.05) is 24.9 Å². The molecule has 0 heterocycles. The van der Waals surface area contributed by atoms with Crippen molar-refractivity contribution in [1.29, 1.82) is 0 Å². The van der Waals surface area contributed by atoms with Crippen LogP contribution in [0.1, 0.15) is 20.7 Å². The van der Waals surface area contributed by atoms with Crippen molar-refractivity contribution in [2.45, 2.75) is 0 Å². The summed E-state index contributed by atoms with van der Waals surface area (Å²) in [5, 5.41) is 5.20. The molecule has 0 aliphatic carbocycles. The van der Waals surface area contributed by atoms with Gasteiger partial charge in [0.05, 0.1) is 25.3 Å². The second kappa shape index (κ2) is 7.77. The molecule has 0 unspecified atom stereocenters. The minimum Gasteiger partial charge on any atom is -0.465 e. The Kier molecular flexibility index (Phi) is 5.51. The molecule has 0 bridgehead atoms. The lowest BCUT2D eigenvalue weighted by Gasteiger charge is -2.10. The third-order valence-electron chi connectivity index (χ3n) is 3.06. The molecule has 0 aliphatic heterocycles. The second-order valence-electron chi connectivity index (χ2n) is 4.73. The molecule has 24 heavy (non-hydrogen) atoms. The van der Waals surface area contributed by atoms with Gasteiger partial charge in [0.2, 0.25) is 0 Å². The predicted molar refractivity (Wildman–Crippen MR) is 88.2 cm³/mol. The lowest BCUT2D eigenvalue weighted by Crippen LogP contribution is -2.20. The van der Waals surface area contributed by atoms with Gasteiger partial charge in [0, 0.05) is 11.4 Å². The van der Waals surface area contributed by atoms with Gasteiger partial charge in [0.25, 0.3) is 0 Å². The minimum absolute atomic E-state index is 0.121. The van der Waals surface area contributed by atoms with E-state index in [0.717, 1.165) is 0 Å². The van der Waals surface area contributed by atoms with E-state index in [1.54, 1.807) is 24.3 Å². The number of esters is 2. The van der Waals surface area contributed by atoms with E-state index in [0.29, 0.717) is 5.69 Å². The number of urea groups is 1. The number of hydrogen-bond donors (Lipinski definition) is 2. The number of benzene rings is 2. The number of anilines is 2. The van der Waals surface area contributed by atoms with Crippen molar-refractivity contribution >= 4 is 29.3 Å². The van der Waals surface area contributed by atoms with Crippen LogP contribution in [0.3, 0.4) is 0 Å². The SMILES string of the molecule is COC(=O)c1cc(NC(=O)Nc2ccccc2)cc(C(=O)OC)c1. The van der Waals surface area contributed by atoms with E-state index in [4.69, 9.17) is 0 Å². The van der Waals surface area contributed by atoms with Crippen LogP contribution in [-0.4, -0.2) is 32.2 Å². The van der Waals surface area contributed by atoms with Gasteiger partial charge in [-0.15, -0.1) is 0 Å². The second-order valence-corrected chi connectivity index (χ2v) is 4.73. The Morgan fingerprint density at radius 1 is 0.750 bits per heavy atom. The lowest BCUT2D eigenvalue weighted by atomic mass is 10.1. The van der Waals surface area contributed by atoms with Crippen molar-refractivity contribution in [2.24, 2.45) is 0 Å². The minimum atomic E-state index is -0.632. The first kappa shape index (κ1) is 17.0. The van der Waals surface area contributed by atoms with Gasteiger partial charge in [0.15, 0.2) is 0 Å². The highest BCUT2D eigenvalue weighted by Crippen LogP contribution is 2.17. The van der Waals surface area contributed by atoms with Crippen molar-refractivity contribution < 1.29 is 23.9 Å². The smallest absolute Gasteiger partial charge is 0.337 e. The number of ether oxygens (including phenoxy) is 2. The lowest BCUT2D eigenvalue weighted by molar-refractivity contribution is 0.0599. The molecule has 2 rings (SSSR count). The molecule has 7 nitrogen and oxygen atoms in total. The molecule has 2 aromatic carbocycles. The third kappa shape index (κ3) is 4.33. The number of nitrogens with one attached hydrogen (secondary N) is 2. The number of carbonyl (C=O) groups excluding carboxylic acids is 3. The highest BCUT2D eigenvalue weighted by Gasteiger charge is 2.15. The van der Waals surface area contributed by atoms with Crippen LogP contribution in [0, 0.1) is 0 Å². The Morgan fingerprint density at radius 3 is 1.75 bits per heavy atom. The van der Waals surface area contributed by atoms with E-state index < -0.39 is 18.0 Å². The number of amides is 2. The summed E-state index contributed by atoms with van der Waals surface area (Å²) in [5.74, 6) is -1.26. The maximum Gasteiger partial charge on any atom is 0.337 e. The summed E-state index contributed by atoms with van der Waals surface area (Å²) in [4.78, 5) is 35.4. The largest absolute Gasteiger partial charge is 0.465 e. The molecule has 7 heteroatoms. The zero-order valence-electron chi connectivity index (χ0n) is 13.2. The van der Waals surface area contributed by atoms with Gasteiger partial charge < -0.3 is 20.1 Å². The molecule has 2 amide bonds. The Morgan fingerprint density at radius 2 is 1.25 bits per heavy atom. The monoisotopic (exact) mass is 328 g/mol. The number of rotatable bonds is 4. The quantitative estimate of drug-likeness (QED) is 0.842. The van der Waals surface area contributed by atoms with Gasteiger partial charge in [0.1, 0.15) is 0 Å². The first-order chi connectivity index (χ1) is 11.5. The van der Waals surface area contributed by atoms with Gasteiger partial charge in [-0.05, 0) is 30.3 Å². The standard InChI is InChI=1S/C17H16N2O5/c1-23-15(20)11-8-12(16(21)24-2)10-14(9-11)19-17(22)18-13-6-4-3-5-7-13/h3-10H,1-2H3,(H2,18,19,22). The third-order valence-corrected chi connectivity index (χ3v) is 3.06. The van der Waals surface area contributed by atoms with Crippen molar-refractivity contribution in [3.63, 3.8) is 0 Å². The molecule has 0 aliphatic rings. The van der Waals surface area contributed by atoms with Crippen LogP contribution in [-0.2, 0) is 9.47 Å². The van der Waals surface area contributed by atoms with Crippen LogP contribution < -0.4 is 10.6 Å². The van der Waals surface area contributed by atoms with E-state index in [9.17, 15) is 14.4 Å². The van der Waals surface area contributed by atoms with E-state index in [1.807, 2.05) is 6.07 Å². The summed E-state index contributed by atoms with van der Waals surface area (Å²) in [6.45, 7) is 0. The van der Waals surface area contributed by atoms with Crippen LogP contribution >= 0.6 is 0 Å². The van der Waals surface area contributed by atoms with Crippen LogP contribution in [0.25, 0.3) is 0 Å². The molecule has 0 fully saturated rings. The fourth-order valence-corrected chi connectivity index (χ4v) is 1.99. The topological polar surface area (TPSA) is 93.7 Å². The van der Waals surface area contributed by atoms with E-state index in [-0.39, 0.29) is 16.8 Å². The van der Waals surface area contributed by atoms with Crippen LogP contribution in [0.2, 0.25) is 0 Å². The van der Waals surface area contributed by atoms with E-state index in [1.165, 1.54) is 32.4 Å². The van der Waals surface area contributed by atoms with Crippen molar-refractivity contribution in [3.8, 4) is 0 Å². The fraction of sp³-hybridized carbons (Fsp3) is 0.118. The highest BCUT2D eigenvalue weighted by molar-refractivity contribution is 6.02. The van der Waals surface area contributed by atoms with Gasteiger partial charge in [-0.2, -0.15) is 0 Å². The Bertz CT molecular complexity index is 725. The average molecular weight is 328 g/mol. The summed E-state index contributed by atoms with van der Waals surface area (Å²) in [6.07, 6.45) is 0. The first-order valence-electron chi connectivity index (χ1n) is 6.98. The van der Waals surface area contributed by atoms with Gasteiger partial charge in [-0.1, -0.05) is 18.2 Å². The number of carbonyl (C=O) groups is 3. The summed E-state index contributed by atoms with van der Waals surface area (Å²) < 4.78 is 9.28. The van der Waals surface area contributed by atoms with Gasteiger partial charge in [-0.3, -0.25) is 0 Å². The molecular formula is C17H16N2O5. The van der Waals surface area contributed by atoms with Crippen LogP contribution in [0.4, 0.5) is 16.2 Å². The molecule has 2 N–H and O–H groups in total. The van der Waals surface area contributed by atoms with Crippen molar-refractivity contribution in [3.05, 3.63) is 59.7 Å². The molecular weight excluding hydrogens is 312 g/mol. The normalized spacial score (nSPS) is 9.75. The molecule has 0 saturated heterocycles. The Balaban J connectivity index is 2.23. The molecule has 0 radical (unpaired) electrons. The molecule has 0 spiro atoms. The molecule has 2 aromatic rings. The van der Waals surface area contributed by atoms with Gasteiger partial charge >= 0.3 is 18.0 Å². The number of methoxy groups -OCH3 is 2.